The summed E-state index contributed by atoms with van der Waals surface area (Å²) in [6, 6.07) is 0. The van der Waals surface area contributed by atoms with Gasteiger partial charge in [-0.1, -0.05) is 0 Å². The van der Waals surface area contributed by atoms with Crippen molar-refractivity contribution in [1.82, 2.24) is 0 Å². The average molecular weight is 318 g/mol. The molecule has 22 heavy (non-hydrogen) atoms. The van der Waals surface area contributed by atoms with Gasteiger partial charge in [-0.05, 0) is 0 Å². The van der Waals surface area contributed by atoms with Crippen LogP contribution in [0.2, 0.25) is 0 Å². The number of cyclic esters (lactones) is 1. The molecule has 0 amide bonds. The Hall–Kier alpha value is -1.84. The Morgan fingerprint density at radius 3 is 2.82 bits per heavy atom. The van der Waals surface area contributed by atoms with Crippen LogP contribution >= 0.6 is 0 Å². The van der Waals surface area contributed by atoms with Gasteiger partial charge in [0.15, 0.2) is 11.9 Å². The van der Waals surface area contributed by atoms with E-state index in [0.717, 1.165) is 0 Å². The molecule has 0 spiro atoms. The Morgan fingerprint density at radius 1 is 1.36 bits per heavy atom. The lowest BCUT2D eigenvalue weighted by atomic mass is 10.1. The molecule has 2 aliphatic rings. The second kappa shape index (κ2) is 7.43. The van der Waals surface area contributed by atoms with E-state index < -0.39 is 42.1 Å². The summed E-state index contributed by atoms with van der Waals surface area (Å²) in [6.07, 6.45) is -2.83. The fourth-order valence-corrected chi connectivity index (χ4v) is 2.29. The van der Waals surface area contributed by atoms with E-state index in [1.807, 2.05) is 0 Å². The average Bonchev–Trinajstić information content (AvgIpc) is 2.75. The van der Waals surface area contributed by atoms with E-state index in [4.69, 9.17) is 19.3 Å². The number of rotatable bonds is 7. The standard InChI is InChI=1S/C13H18O9/c14-5-8-3-7(16)4-10(20-8)22-12-11(17)9(21-13(12)18)1-2-19-6-15/h6-10,14,16-17H,1-5H2. The fraction of sp³-hybridized carbons (Fsp3) is 0.692. The topological polar surface area (TPSA) is 132 Å². The first-order chi connectivity index (χ1) is 10.5. The minimum atomic E-state index is -0.976. The smallest absolute Gasteiger partial charge is 0.378 e. The SMILES string of the molecule is O=COCCC1OC(=O)C(OC2CC(O)CC(CO)O2)=C1O. The number of hydrogen-bond donors (Lipinski definition) is 3. The molecule has 0 aromatic heterocycles. The van der Waals surface area contributed by atoms with Crippen molar-refractivity contribution in [2.75, 3.05) is 13.2 Å². The highest BCUT2D eigenvalue weighted by Crippen LogP contribution is 2.28. The summed E-state index contributed by atoms with van der Waals surface area (Å²) >= 11 is 0. The fourth-order valence-electron chi connectivity index (χ4n) is 2.29. The predicted octanol–water partition coefficient (Wildman–Crippen LogP) is -0.881. The van der Waals surface area contributed by atoms with E-state index in [-0.39, 0.29) is 38.9 Å². The van der Waals surface area contributed by atoms with E-state index >= 15 is 0 Å². The summed E-state index contributed by atoms with van der Waals surface area (Å²) in [4.78, 5) is 21.7. The normalized spacial score (nSPS) is 31.8. The van der Waals surface area contributed by atoms with Gasteiger partial charge in [0.05, 0.1) is 25.4 Å². The van der Waals surface area contributed by atoms with Crippen LogP contribution in [-0.4, -0.2) is 65.6 Å². The van der Waals surface area contributed by atoms with E-state index in [0.29, 0.717) is 0 Å². The summed E-state index contributed by atoms with van der Waals surface area (Å²) in [5.41, 5.74) is 0. The molecule has 3 N–H and O–H groups in total. The number of aliphatic hydroxyl groups is 3. The Labute approximate surface area is 126 Å². The van der Waals surface area contributed by atoms with Gasteiger partial charge >= 0.3 is 5.97 Å². The molecule has 9 heteroatoms. The first-order valence-electron chi connectivity index (χ1n) is 6.85. The second-order valence-electron chi connectivity index (χ2n) is 4.98. The van der Waals surface area contributed by atoms with E-state index in [2.05, 4.69) is 4.74 Å². The predicted molar refractivity (Wildman–Crippen MR) is 68.2 cm³/mol. The zero-order valence-corrected chi connectivity index (χ0v) is 11.7. The Kier molecular flexibility index (Phi) is 5.58. The van der Waals surface area contributed by atoms with E-state index in [1.165, 1.54) is 0 Å². The molecular formula is C13H18O9. The van der Waals surface area contributed by atoms with Gasteiger partial charge in [-0.3, -0.25) is 4.79 Å². The molecule has 124 valence electrons. The number of hydrogen-bond acceptors (Lipinski definition) is 9. The van der Waals surface area contributed by atoms with Crippen LogP contribution in [0.15, 0.2) is 11.5 Å². The Morgan fingerprint density at radius 2 is 2.14 bits per heavy atom. The maximum absolute atomic E-state index is 11.7. The number of esters is 1. The molecule has 1 fully saturated rings. The molecule has 0 aliphatic carbocycles. The second-order valence-corrected chi connectivity index (χ2v) is 4.98. The molecule has 0 bridgehead atoms. The first kappa shape index (κ1) is 16.5. The van der Waals surface area contributed by atoms with Crippen molar-refractivity contribution < 1.29 is 43.9 Å². The van der Waals surface area contributed by atoms with Crippen LogP contribution in [0.3, 0.4) is 0 Å². The van der Waals surface area contributed by atoms with Gasteiger partial charge in [-0.2, -0.15) is 0 Å². The van der Waals surface area contributed by atoms with Crippen LogP contribution < -0.4 is 0 Å². The molecule has 9 nitrogen and oxygen atoms in total. The van der Waals surface area contributed by atoms with Gasteiger partial charge in [0.25, 0.3) is 6.47 Å². The van der Waals surface area contributed by atoms with Gasteiger partial charge < -0.3 is 34.3 Å². The lowest BCUT2D eigenvalue weighted by molar-refractivity contribution is -0.209. The molecule has 0 radical (unpaired) electrons. The molecule has 0 saturated carbocycles. The zero-order chi connectivity index (χ0) is 16.1. The summed E-state index contributed by atoms with van der Waals surface area (Å²) in [5.74, 6) is -1.67. The Balaban J connectivity index is 1.97. The van der Waals surface area contributed by atoms with Crippen LogP contribution in [-0.2, 0) is 28.5 Å². The number of aliphatic hydroxyl groups excluding tert-OH is 3. The maximum atomic E-state index is 11.7. The summed E-state index contributed by atoms with van der Waals surface area (Å²) in [7, 11) is 0. The van der Waals surface area contributed by atoms with Crippen molar-refractivity contribution in [1.29, 1.82) is 0 Å². The van der Waals surface area contributed by atoms with Crippen molar-refractivity contribution >= 4 is 12.4 Å². The maximum Gasteiger partial charge on any atom is 0.378 e. The van der Waals surface area contributed by atoms with Gasteiger partial charge in [-0.25, -0.2) is 4.79 Å². The molecule has 4 unspecified atom stereocenters. The third kappa shape index (κ3) is 3.87. The summed E-state index contributed by atoms with van der Waals surface area (Å²) in [6.45, 7) is -0.0662. The highest BCUT2D eigenvalue weighted by molar-refractivity contribution is 5.89. The minimum absolute atomic E-state index is 0.0238. The molecule has 0 aromatic rings. The van der Waals surface area contributed by atoms with Crippen LogP contribution in [0.5, 0.6) is 0 Å². The number of carbonyl (C=O) groups is 2. The number of ether oxygens (including phenoxy) is 4. The summed E-state index contributed by atoms with van der Waals surface area (Å²) < 4.78 is 20.0. The Bertz CT molecular complexity index is 447. The van der Waals surface area contributed by atoms with Crippen molar-refractivity contribution in [2.24, 2.45) is 0 Å². The van der Waals surface area contributed by atoms with E-state index in [9.17, 15) is 19.8 Å². The zero-order valence-electron chi connectivity index (χ0n) is 11.7. The minimum Gasteiger partial charge on any atom is -0.505 e. The molecule has 1 saturated heterocycles. The molecule has 2 aliphatic heterocycles. The van der Waals surface area contributed by atoms with E-state index in [1.54, 1.807) is 0 Å². The third-order valence-corrected chi connectivity index (χ3v) is 3.33. The van der Waals surface area contributed by atoms with Crippen molar-refractivity contribution in [3.63, 3.8) is 0 Å². The molecule has 0 aromatic carbocycles. The molecule has 4 atom stereocenters. The first-order valence-corrected chi connectivity index (χ1v) is 6.85. The number of carbonyl (C=O) groups excluding carboxylic acids is 2. The largest absolute Gasteiger partial charge is 0.505 e. The third-order valence-electron chi connectivity index (χ3n) is 3.33. The molecule has 2 heterocycles. The van der Waals surface area contributed by atoms with Crippen molar-refractivity contribution in [3.05, 3.63) is 11.5 Å². The van der Waals surface area contributed by atoms with Crippen LogP contribution in [0.1, 0.15) is 19.3 Å². The quantitative estimate of drug-likeness (QED) is 0.311. The van der Waals surface area contributed by atoms with Crippen molar-refractivity contribution in [2.45, 2.75) is 43.9 Å². The lowest BCUT2D eigenvalue weighted by Gasteiger charge is -2.31. The van der Waals surface area contributed by atoms with Crippen LogP contribution in [0.25, 0.3) is 0 Å². The highest BCUT2D eigenvalue weighted by atomic mass is 16.7. The van der Waals surface area contributed by atoms with Crippen molar-refractivity contribution in [3.8, 4) is 0 Å². The molecule has 2 rings (SSSR count). The monoisotopic (exact) mass is 318 g/mol. The van der Waals surface area contributed by atoms with Gasteiger partial charge in [0.1, 0.15) is 0 Å². The van der Waals surface area contributed by atoms with Gasteiger partial charge in [-0.15, -0.1) is 0 Å². The lowest BCUT2D eigenvalue weighted by Crippen LogP contribution is -2.39. The van der Waals surface area contributed by atoms with Gasteiger partial charge in [0, 0.05) is 19.3 Å². The molecular weight excluding hydrogens is 300 g/mol. The van der Waals surface area contributed by atoms with Crippen LogP contribution in [0.4, 0.5) is 0 Å². The summed E-state index contributed by atoms with van der Waals surface area (Å²) in [5, 5.41) is 28.7. The highest BCUT2D eigenvalue weighted by Gasteiger charge is 2.39. The van der Waals surface area contributed by atoms with Crippen LogP contribution in [0, 0.1) is 0 Å². The van der Waals surface area contributed by atoms with Gasteiger partial charge in [0.2, 0.25) is 12.0 Å².